The van der Waals surface area contributed by atoms with E-state index in [9.17, 15) is 9.59 Å². The minimum Gasteiger partial charge on any atom is -0.333 e. The van der Waals surface area contributed by atoms with Crippen molar-refractivity contribution in [2.75, 3.05) is 6.54 Å². The van der Waals surface area contributed by atoms with Crippen molar-refractivity contribution in [3.63, 3.8) is 0 Å². The van der Waals surface area contributed by atoms with Gasteiger partial charge in [-0.1, -0.05) is 56.9 Å². The molecule has 1 aliphatic carbocycles. The lowest BCUT2D eigenvalue weighted by Crippen LogP contribution is -2.40. The van der Waals surface area contributed by atoms with Crippen LogP contribution in [0.5, 0.6) is 0 Å². The largest absolute Gasteiger partial charge is 0.333 e. The van der Waals surface area contributed by atoms with Crippen LogP contribution < -0.4 is 5.56 Å². The van der Waals surface area contributed by atoms with E-state index < -0.39 is 0 Å². The molecule has 1 unspecified atom stereocenters. The number of hydrogen-bond acceptors (Lipinski definition) is 3. The Morgan fingerprint density at radius 1 is 1.12 bits per heavy atom. The number of hydrogen-bond donors (Lipinski definition) is 0. The number of benzene rings is 2. The van der Waals surface area contributed by atoms with E-state index in [0.29, 0.717) is 23.3 Å². The van der Waals surface area contributed by atoms with Crippen LogP contribution in [0.25, 0.3) is 16.6 Å². The Kier molecular flexibility index (Phi) is 7.50. The predicted molar refractivity (Wildman–Crippen MR) is 138 cm³/mol. The van der Waals surface area contributed by atoms with Crippen molar-refractivity contribution in [1.29, 1.82) is 0 Å². The molecule has 1 saturated carbocycles. The number of fused-ring (bicyclic) bond motifs is 1. The van der Waals surface area contributed by atoms with Gasteiger partial charge in [0.1, 0.15) is 5.82 Å². The van der Waals surface area contributed by atoms with Crippen LogP contribution in [0, 0.1) is 19.8 Å². The van der Waals surface area contributed by atoms with Gasteiger partial charge in [-0.15, -0.1) is 0 Å². The fraction of sp³-hybridized carbons (Fsp3) is 0.483. The molecule has 180 valence electrons. The molecule has 0 radical (unpaired) electrons. The van der Waals surface area contributed by atoms with Gasteiger partial charge in [-0.2, -0.15) is 0 Å². The quantitative estimate of drug-likeness (QED) is 0.373. The van der Waals surface area contributed by atoms with E-state index in [1.807, 2.05) is 62.1 Å². The minimum absolute atomic E-state index is 0.0806. The maximum atomic E-state index is 13.8. The first-order valence-electron chi connectivity index (χ1n) is 12.8. The number of aromatic nitrogens is 2. The molecule has 1 atom stereocenters. The van der Waals surface area contributed by atoms with Gasteiger partial charge in [0.05, 0.1) is 22.6 Å². The molecule has 0 spiro atoms. The molecule has 1 heterocycles. The van der Waals surface area contributed by atoms with Crippen LogP contribution in [0.3, 0.4) is 0 Å². The van der Waals surface area contributed by atoms with E-state index in [2.05, 4.69) is 13.0 Å². The molecular weight excluding hydrogens is 422 g/mol. The number of carbonyl (C=O) groups is 1. The normalized spacial score (nSPS) is 15.1. The highest BCUT2D eigenvalue weighted by Crippen LogP contribution is 2.31. The van der Waals surface area contributed by atoms with Crippen molar-refractivity contribution in [2.45, 2.75) is 78.7 Å². The Morgan fingerprint density at radius 3 is 2.59 bits per heavy atom. The molecule has 0 bridgehead atoms. The average Bonchev–Trinajstić information content (AvgIpc) is 3.38. The zero-order valence-electron chi connectivity index (χ0n) is 21.0. The maximum Gasteiger partial charge on any atom is 0.266 e. The molecule has 5 nitrogen and oxygen atoms in total. The molecule has 4 rings (SSSR count). The summed E-state index contributed by atoms with van der Waals surface area (Å²) in [6.45, 7) is 8.96. The number of nitrogens with zero attached hydrogens (tertiary/aromatic N) is 3. The monoisotopic (exact) mass is 459 g/mol. The van der Waals surface area contributed by atoms with Crippen LogP contribution in [-0.4, -0.2) is 26.9 Å². The van der Waals surface area contributed by atoms with E-state index in [1.54, 1.807) is 4.57 Å². The number of rotatable bonds is 8. The van der Waals surface area contributed by atoms with Crippen molar-refractivity contribution in [1.82, 2.24) is 14.5 Å². The lowest BCUT2D eigenvalue weighted by Gasteiger charge is -2.33. The summed E-state index contributed by atoms with van der Waals surface area (Å²) in [6.07, 6.45) is 7.30. The first-order chi connectivity index (χ1) is 16.4. The highest BCUT2D eigenvalue weighted by Gasteiger charge is 2.32. The summed E-state index contributed by atoms with van der Waals surface area (Å²) >= 11 is 0. The average molecular weight is 460 g/mol. The van der Waals surface area contributed by atoms with Crippen molar-refractivity contribution in [3.05, 3.63) is 69.8 Å². The topological polar surface area (TPSA) is 55.2 Å². The fourth-order valence-electron chi connectivity index (χ4n) is 5.20. The highest BCUT2D eigenvalue weighted by molar-refractivity contribution is 5.80. The third-order valence-electron chi connectivity index (χ3n) is 7.24. The summed E-state index contributed by atoms with van der Waals surface area (Å²) in [5, 5.41) is 0.596. The Balaban J connectivity index is 1.88. The van der Waals surface area contributed by atoms with Gasteiger partial charge in [0, 0.05) is 12.5 Å². The lowest BCUT2D eigenvalue weighted by atomic mass is 10.0. The molecular formula is C29H37N3O2. The van der Waals surface area contributed by atoms with Gasteiger partial charge >= 0.3 is 0 Å². The van der Waals surface area contributed by atoms with Crippen LogP contribution in [-0.2, 0) is 4.79 Å². The number of amides is 1. The van der Waals surface area contributed by atoms with Crippen molar-refractivity contribution in [2.24, 2.45) is 5.92 Å². The van der Waals surface area contributed by atoms with E-state index in [4.69, 9.17) is 4.98 Å². The molecule has 1 amide bonds. The molecule has 1 aromatic heterocycles. The Labute approximate surface area is 202 Å². The first kappa shape index (κ1) is 24.2. The molecule has 0 aliphatic heterocycles. The van der Waals surface area contributed by atoms with Crippen molar-refractivity contribution in [3.8, 4) is 5.69 Å². The van der Waals surface area contributed by atoms with Gasteiger partial charge in [-0.05, 0) is 69.4 Å². The number of carbonyl (C=O) groups excluding carboxylic acids is 1. The Morgan fingerprint density at radius 2 is 1.85 bits per heavy atom. The standard InChI is InChI=1S/C29H37N3O2/c1-5-6-11-18-31(28(33)23-12-7-8-13-23)22(4)27-30-25-15-10-9-14-24(25)29(34)32(27)26-19-20(2)16-17-21(26)3/h9-10,14-17,19,22-23H,5-8,11-13,18H2,1-4H3. The maximum absolute atomic E-state index is 13.8. The van der Waals surface area contributed by atoms with E-state index in [0.717, 1.165) is 61.8 Å². The van der Waals surface area contributed by atoms with E-state index in [-0.39, 0.29) is 23.4 Å². The Bertz CT molecular complexity index is 1220. The predicted octanol–water partition coefficient (Wildman–Crippen LogP) is 6.27. The zero-order chi connectivity index (χ0) is 24.2. The minimum atomic E-state index is -0.304. The molecule has 0 N–H and O–H groups in total. The number of aryl methyl sites for hydroxylation is 2. The first-order valence-corrected chi connectivity index (χ1v) is 12.8. The second-order valence-electron chi connectivity index (χ2n) is 9.81. The molecule has 34 heavy (non-hydrogen) atoms. The summed E-state index contributed by atoms with van der Waals surface area (Å²) in [5.74, 6) is 0.946. The summed E-state index contributed by atoms with van der Waals surface area (Å²) < 4.78 is 1.75. The van der Waals surface area contributed by atoms with Gasteiger partial charge in [0.25, 0.3) is 5.56 Å². The smallest absolute Gasteiger partial charge is 0.266 e. The molecule has 1 fully saturated rings. The van der Waals surface area contributed by atoms with Crippen LogP contribution in [0.2, 0.25) is 0 Å². The zero-order valence-corrected chi connectivity index (χ0v) is 21.0. The summed E-state index contributed by atoms with van der Waals surface area (Å²) in [5.41, 5.74) is 3.53. The van der Waals surface area contributed by atoms with Gasteiger partial charge in [0.2, 0.25) is 5.91 Å². The van der Waals surface area contributed by atoms with Crippen LogP contribution in [0.1, 0.15) is 81.8 Å². The van der Waals surface area contributed by atoms with Crippen LogP contribution >= 0.6 is 0 Å². The Hall–Kier alpha value is -2.95. The SMILES string of the molecule is CCCCCN(C(=O)C1CCCC1)C(C)c1nc2ccccc2c(=O)n1-c1cc(C)ccc1C. The molecule has 0 saturated heterocycles. The number of para-hydroxylation sites is 1. The van der Waals surface area contributed by atoms with Gasteiger partial charge < -0.3 is 4.90 Å². The van der Waals surface area contributed by atoms with E-state index >= 15 is 0 Å². The molecule has 5 heteroatoms. The third-order valence-corrected chi connectivity index (χ3v) is 7.24. The second kappa shape index (κ2) is 10.5. The van der Waals surface area contributed by atoms with Crippen molar-refractivity contribution < 1.29 is 4.79 Å². The van der Waals surface area contributed by atoms with Crippen molar-refractivity contribution >= 4 is 16.8 Å². The molecule has 1 aliphatic rings. The summed E-state index contributed by atoms with van der Waals surface area (Å²) in [6, 6.07) is 13.4. The summed E-state index contributed by atoms with van der Waals surface area (Å²) in [7, 11) is 0. The number of unbranched alkanes of at least 4 members (excludes halogenated alkanes) is 2. The van der Waals surface area contributed by atoms with Gasteiger partial charge in [-0.25, -0.2) is 4.98 Å². The third kappa shape index (κ3) is 4.79. The van der Waals surface area contributed by atoms with Crippen LogP contribution in [0.15, 0.2) is 47.3 Å². The highest BCUT2D eigenvalue weighted by atomic mass is 16.2. The summed E-state index contributed by atoms with van der Waals surface area (Å²) in [4.78, 5) is 34.5. The fourth-order valence-corrected chi connectivity index (χ4v) is 5.20. The van der Waals surface area contributed by atoms with Gasteiger partial charge in [0.15, 0.2) is 0 Å². The molecule has 3 aromatic rings. The second-order valence-corrected chi connectivity index (χ2v) is 9.81. The van der Waals surface area contributed by atoms with E-state index in [1.165, 1.54) is 0 Å². The van der Waals surface area contributed by atoms with Gasteiger partial charge in [-0.3, -0.25) is 14.2 Å². The molecule has 2 aromatic carbocycles. The van der Waals surface area contributed by atoms with Crippen LogP contribution in [0.4, 0.5) is 0 Å². The lowest BCUT2D eigenvalue weighted by molar-refractivity contribution is -0.137.